The number of rotatable bonds is 3. The van der Waals surface area contributed by atoms with Gasteiger partial charge in [-0.25, -0.2) is 9.78 Å². The van der Waals surface area contributed by atoms with E-state index in [9.17, 15) is 14.0 Å². The number of hydrogen-bond acceptors (Lipinski definition) is 3. The lowest BCUT2D eigenvalue weighted by atomic mass is 10.1. The standard InChI is InChI=1S/C10H11FN2O3/c1-10(2,9(15)16)13-8(14)6-3-4-7(11)12-5-6/h3-5H,1-2H3,(H,13,14)(H,15,16). The first kappa shape index (κ1) is 12.1. The fraction of sp³-hybridized carbons (Fsp3) is 0.300. The molecule has 0 fully saturated rings. The van der Waals surface area contributed by atoms with Crippen LogP contribution in [0.2, 0.25) is 0 Å². The minimum Gasteiger partial charge on any atom is -0.480 e. The fourth-order valence-electron chi connectivity index (χ4n) is 0.920. The van der Waals surface area contributed by atoms with Crippen molar-refractivity contribution < 1.29 is 19.1 Å². The molecule has 1 aromatic rings. The first-order valence-corrected chi connectivity index (χ1v) is 4.50. The highest BCUT2D eigenvalue weighted by molar-refractivity contribution is 5.97. The van der Waals surface area contributed by atoms with E-state index < -0.39 is 23.4 Å². The Labute approximate surface area is 91.3 Å². The Balaban J connectivity index is 2.81. The molecule has 0 aromatic carbocycles. The molecule has 1 heterocycles. The van der Waals surface area contributed by atoms with Crippen molar-refractivity contribution in [3.63, 3.8) is 0 Å². The van der Waals surface area contributed by atoms with Crippen LogP contribution in [0.4, 0.5) is 4.39 Å². The molecule has 0 saturated carbocycles. The quantitative estimate of drug-likeness (QED) is 0.747. The predicted octanol–water partition coefficient (Wildman–Crippen LogP) is 0.814. The number of carbonyl (C=O) groups is 2. The first-order valence-electron chi connectivity index (χ1n) is 4.50. The van der Waals surface area contributed by atoms with Gasteiger partial charge in [0.05, 0.1) is 5.56 Å². The maximum atomic E-state index is 12.5. The van der Waals surface area contributed by atoms with E-state index in [1.165, 1.54) is 19.9 Å². The van der Waals surface area contributed by atoms with Crippen molar-refractivity contribution in [3.05, 3.63) is 29.8 Å². The normalized spacial score (nSPS) is 10.9. The van der Waals surface area contributed by atoms with E-state index in [4.69, 9.17) is 5.11 Å². The second kappa shape index (κ2) is 4.26. The molecule has 1 rings (SSSR count). The summed E-state index contributed by atoms with van der Waals surface area (Å²) in [5.74, 6) is -2.47. The number of nitrogens with one attached hydrogen (secondary N) is 1. The Morgan fingerprint density at radius 1 is 1.44 bits per heavy atom. The van der Waals surface area contributed by atoms with Crippen LogP contribution in [0.25, 0.3) is 0 Å². The summed E-state index contributed by atoms with van der Waals surface area (Å²) in [6.45, 7) is 2.70. The number of pyridine rings is 1. The molecule has 0 spiro atoms. The summed E-state index contributed by atoms with van der Waals surface area (Å²) in [5.41, 5.74) is -1.28. The number of aromatic nitrogens is 1. The molecule has 0 aliphatic rings. The van der Waals surface area contributed by atoms with E-state index in [2.05, 4.69) is 10.3 Å². The lowest BCUT2D eigenvalue weighted by Crippen LogP contribution is -2.49. The van der Waals surface area contributed by atoms with Gasteiger partial charge in [0.25, 0.3) is 5.91 Å². The van der Waals surface area contributed by atoms with Gasteiger partial charge in [0.15, 0.2) is 0 Å². The van der Waals surface area contributed by atoms with Gasteiger partial charge in [-0.05, 0) is 26.0 Å². The number of carbonyl (C=O) groups excluding carboxylic acids is 1. The third-order valence-corrected chi connectivity index (χ3v) is 1.95. The Morgan fingerprint density at radius 2 is 2.06 bits per heavy atom. The Hall–Kier alpha value is -1.98. The number of halogens is 1. The van der Waals surface area contributed by atoms with Gasteiger partial charge < -0.3 is 10.4 Å². The van der Waals surface area contributed by atoms with Crippen LogP contribution in [-0.2, 0) is 4.79 Å². The number of carboxylic acids is 1. The van der Waals surface area contributed by atoms with Crippen LogP contribution in [-0.4, -0.2) is 27.5 Å². The van der Waals surface area contributed by atoms with E-state index in [0.717, 1.165) is 12.3 Å². The van der Waals surface area contributed by atoms with E-state index in [0.29, 0.717) is 0 Å². The molecule has 1 aromatic heterocycles. The average Bonchev–Trinajstić information content (AvgIpc) is 2.17. The monoisotopic (exact) mass is 226 g/mol. The molecule has 2 N–H and O–H groups in total. The zero-order valence-electron chi connectivity index (χ0n) is 8.82. The van der Waals surface area contributed by atoms with Gasteiger partial charge in [0.1, 0.15) is 5.54 Å². The van der Waals surface area contributed by atoms with Crippen molar-refractivity contribution in [2.75, 3.05) is 0 Å². The second-order valence-electron chi connectivity index (χ2n) is 3.75. The molecule has 86 valence electrons. The third-order valence-electron chi connectivity index (χ3n) is 1.95. The molecule has 0 bridgehead atoms. The predicted molar refractivity (Wildman–Crippen MR) is 53.4 cm³/mol. The van der Waals surface area contributed by atoms with Gasteiger partial charge in [-0.1, -0.05) is 0 Å². The summed E-state index contributed by atoms with van der Waals surface area (Å²) >= 11 is 0. The maximum Gasteiger partial charge on any atom is 0.328 e. The topological polar surface area (TPSA) is 79.3 Å². The molecule has 0 radical (unpaired) electrons. The highest BCUT2D eigenvalue weighted by Crippen LogP contribution is 2.05. The smallest absolute Gasteiger partial charge is 0.328 e. The average molecular weight is 226 g/mol. The van der Waals surface area contributed by atoms with Crippen LogP contribution in [0.3, 0.4) is 0 Å². The van der Waals surface area contributed by atoms with Gasteiger partial charge in [-0.3, -0.25) is 4.79 Å². The molecular formula is C10H11FN2O3. The third kappa shape index (κ3) is 2.75. The molecule has 0 saturated heterocycles. The van der Waals surface area contributed by atoms with Gasteiger partial charge in [0, 0.05) is 6.20 Å². The van der Waals surface area contributed by atoms with Crippen molar-refractivity contribution in [3.8, 4) is 0 Å². The van der Waals surface area contributed by atoms with Crippen molar-refractivity contribution in [1.82, 2.24) is 10.3 Å². The van der Waals surface area contributed by atoms with Crippen LogP contribution >= 0.6 is 0 Å². The summed E-state index contributed by atoms with van der Waals surface area (Å²) in [5, 5.41) is 11.1. The highest BCUT2D eigenvalue weighted by Gasteiger charge is 2.29. The zero-order valence-corrected chi connectivity index (χ0v) is 8.82. The molecule has 1 amide bonds. The van der Waals surface area contributed by atoms with Gasteiger partial charge >= 0.3 is 5.97 Å². The number of nitrogens with zero attached hydrogens (tertiary/aromatic N) is 1. The van der Waals surface area contributed by atoms with E-state index in [1.54, 1.807) is 0 Å². The molecule has 0 atom stereocenters. The largest absolute Gasteiger partial charge is 0.480 e. The number of aliphatic carboxylic acids is 1. The zero-order chi connectivity index (χ0) is 12.3. The van der Waals surface area contributed by atoms with E-state index in [1.807, 2.05) is 0 Å². The summed E-state index contributed by atoms with van der Waals surface area (Å²) in [4.78, 5) is 25.6. The van der Waals surface area contributed by atoms with Gasteiger partial charge in [-0.2, -0.15) is 4.39 Å². The van der Waals surface area contributed by atoms with Crippen molar-refractivity contribution in [1.29, 1.82) is 0 Å². The number of amides is 1. The molecule has 0 aliphatic carbocycles. The van der Waals surface area contributed by atoms with Crippen LogP contribution in [0.15, 0.2) is 18.3 Å². The van der Waals surface area contributed by atoms with Crippen LogP contribution in [0, 0.1) is 5.95 Å². The lowest BCUT2D eigenvalue weighted by Gasteiger charge is -2.20. The molecular weight excluding hydrogens is 215 g/mol. The molecule has 5 nitrogen and oxygen atoms in total. The molecule has 0 aliphatic heterocycles. The van der Waals surface area contributed by atoms with Gasteiger partial charge in [-0.15, -0.1) is 0 Å². The Bertz CT molecular complexity index is 415. The summed E-state index contributed by atoms with van der Waals surface area (Å²) in [7, 11) is 0. The molecule has 0 unspecified atom stereocenters. The Morgan fingerprint density at radius 3 is 2.50 bits per heavy atom. The fourth-order valence-corrected chi connectivity index (χ4v) is 0.920. The van der Waals surface area contributed by atoms with E-state index in [-0.39, 0.29) is 5.56 Å². The minimum absolute atomic E-state index is 0.107. The van der Waals surface area contributed by atoms with Crippen LogP contribution in [0.1, 0.15) is 24.2 Å². The second-order valence-corrected chi connectivity index (χ2v) is 3.75. The van der Waals surface area contributed by atoms with Crippen LogP contribution < -0.4 is 5.32 Å². The van der Waals surface area contributed by atoms with Gasteiger partial charge in [0.2, 0.25) is 5.95 Å². The SMILES string of the molecule is CC(C)(NC(=O)c1ccc(F)nc1)C(=O)O. The van der Waals surface area contributed by atoms with Crippen molar-refractivity contribution in [2.24, 2.45) is 0 Å². The summed E-state index contributed by atoms with van der Waals surface area (Å²) in [6, 6.07) is 2.26. The first-order chi connectivity index (χ1) is 7.33. The lowest BCUT2D eigenvalue weighted by molar-refractivity contribution is -0.143. The van der Waals surface area contributed by atoms with Crippen LogP contribution in [0.5, 0.6) is 0 Å². The van der Waals surface area contributed by atoms with E-state index >= 15 is 0 Å². The Kier molecular flexibility index (Phi) is 3.22. The molecule has 6 heteroatoms. The van der Waals surface area contributed by atoms with Crippen molar-refractivity contribution >= 4 is 11.9 Å². The van der Waals surface area contributed by atoms with Crippen molar-refractivity contribution in [2.45, 2.75) is 19.4 Å². The number of carboxylic acid groups (broad SMARTS) is 1. The highest BCUT2D eigenvalue weighted by atomic mass is 19.1. The summed E-state index contributed by atoms with van der Waals surface area (Å²) in [6.07, 6.45) is 1.04. The minimum atomic E-state index is -1.38. The number of hydrogen-bond donors (Lipinski definition) is 2. The molecule has 16 heavy (non-hydrogen) atoms. The summed E-state index contributed by atoms with van der Waals surface area (Å²) < 4.78 is 12.5. The maximum absolute atomic E-state index is 12.5.